The molecule has 5 aromatic rings. The molecular weight excluding hydrogens is 388 g/mol. The highest BCUT2D eigenvalue weighted by Gasteiger charge is 2.11. The average Bonchev–Trinajstić information content (AvgIpc) is 3.37. The summed E-state index contributed by atoms with van der Waals surface area (Å²) >= 11 is 0. The molecule has 0 spiro atoms. The van der Waals surface area contributed by atoms with Crippen LogP contribution < -0.4 is 4.74 Å². The van der Waals surface area contributed by atoms with Crippen LogP contribution in [0.15, 0.2) is 72.9 Å². The van der Waals surface area contributed by atoms with Crippen molar-refractivity contribution in [2.24, 2.45) is 0 Å². The lowest BCUT2D eigenvalue weighted by molar-refractivity contribution is 0.309. The normalized spacial score (nSPS) is 11.0. The van der Waals surface area contributed by atoms with Crippen molar-refractivity contribution >= 4 is 11.0 Å². The zero-order chi connectivity index (χ0) is 21.0. The molecule has 0 aliphatic heterocycles. The second kappa shape index (κ2) is 8.31. The maximum atomic E-state index is 6.14. The van der Waals surface area contributed by atoms with E-state index >= 15 is 0 Å². The molecule has 0 radical (unpaired) electrons. The first kappa shape index (κ1) is 18.9. The Balaban J connectivity index is 1.39. The van der Waals surface area contributed by atoms with Crippen molar-refractivity contribution in [1.82, 2.24) is 30.6 Å². The van der Waals surface area contributed by atoms with Gasteiger partial charge in [0.05, 0.1) is 5.52 Å². The molecule has 0 bridgehead atoms. The van der Waals surface area contributed by atoms with E-state index in [2.05, 4.69) is 67.8 Å². The van der Waals surface area contributed by atoms with Crippen LogP contribution in [-0.4, -0.2) is 30.6 Å². The first-order valence-corrected chi connectivity index (χ1v) is 10.1. The summed E-state index contributed by atoms with van der Waals surface area (Å²) in [4.78, 5) is 9.07. The van der Waals surface area contributed by atoms with E-state index in [0.717, 1.165) is 51.2 Å². The number of ether oxygens (including phenoxy) is 1. The number of nitrogens with zero attached hydrogens (tertiary/aromatic N) is 5. The predicted molar refractivity (Wildman–Crippen MR) is 118 cm³/mol. The van der Waals surface area contributed by atoms with Crippen LogP contribution in [0.5, 0.6) is 5.75 Å². The van der Waals surface area contributed by atoms with Crippen LogP contribution in [-0.2, 0) is 13.0 Å². The maximum absolute atomic E-state index is 6.14. The monoisotopic (exact) mass is 408 g/mol. The summed E-state index contributed by atoms with van der Waals surface area (Å²) in [6, 6.07) is 22.1. The van der Waals surface area contributed by atoms with E-state index in [9.17, 15) is 0 Å². The summed E-state index contributed by atoms with van der Waals surface area (Å²) in [5.41, 5.74) is 6.75. The van der Waals surface area contributed by atoms with Crippen LogP contribution in [0.4, 0.5) is 0 Å². The van der Waals surface area contributed by atoms with Crippen LogP contribution in [0.25, 0.3) is 33.5 Å². The molecule has 7 heteroatoms. The van der Waals surface area contributed by atoms with Crippen molar-refractivity contribution in [2.45, 2.75) is 20.0 Å². The molecule has 0 fully saturated rings. The smallest absolute Gasteiger partial charge is 0.205 e. The van der Waals surface area contributed by atoms with Gasteiger partial charge in [-0.1, -0.05) is 55.5 Å². The van der Waals surface area contributed by atoms with Gasteiger partial charge >= 0.3 is 0 Å². The van der Waals surface area contributed by atoms with E-state index in [1.807, 2.05) is 36.4 Å². The number of benzene rings is 2. The Morgan fingerprint density at radius 3 is 2.55 bits per heavy atom. The molecule has 0 aliphatic rings. The number of hydrogen-bond donors (Lipinski definition) is 1. The molecule has 0 unspecified atom stereocenters. The first-order valence-electron chi connectivity index (χ1n) is 10.1. The minimum absolute atomic E-state index is 0.450. The van der Waals surface area contributed by atoms with Gasteiger partial charge in [-0.25, -0.2) is 0 Å². The van der Waals surface area contributed by atoms with Crippen molar-refractivity contribution in [3.63, 3.8) is 0 Å². The first-order chi connectivity index (χ1) is 15.3. The highest BCUT2D eigenvalue weighted by Crippen LogP contribution is 2.30. The fourth-order valence-electron chi connectivity index (χ4n) is 3.52. The van der Waals surface area contributed by atoms with Crippen LogP contribution in [0.1, 0.15) is 18.2 Å². The lowest BCUT2D eigenvalue weighted by Crippen LogP contribution is -1.99. The Labute approximate surface area is 179 Å². The zero-order valence-corrected chi connectivity index (χ0v) is 17.0. The molecular formula is C24H20N6O. The minimum atomic E-state index is 0.450. The van der Waals surface area contributed by atoms with Gasteiger partial charge in [-0.05, 0) is 40.5 Å². The Morgan fingerprint density at radius 2 is 1.77 bits per heavy atom. The Hall–Kier alpha value is -4.13. The van der Waals surface area contributed by atoms with Gasteiger partial charge in [0.25, 0.3) is 0 Å². The quantitative estimate of drug-likeness (QED) is 0.441. The van der Waals surface area contributed by atoms with Gasteiger partial charge in [-0.2, -0.15) is 5.21 Å². The summed E-state index contributed by atoms with van der Waals surface area (Å²) < 4.78 is 6.14. The van der Waals surface area contributed by atoms with Gasteiger partial charge in [0, 0.05) is 23.5 Å². The number of nitrogens with one attached hydrogen (secondary N) is 1. The standard InChI is InChI=1S/C24H20N6O/c1-2-18-14-22(23-21(26-18)8-5-13-25-23)31-15-16-9-11-17(12-10-16)19-6-3-4-7-20(19)24-27-29-30-28-24/h3-14H,2,15H2,1H3,(H,27,28,29,30). The number of aryl methyl sites for hydroxylation is 1. The van der Waals surface area contributed by atoms with Gasteiger partial charge in [0.15, 0.2) is 0 Å². The summed E-state index contributed by atoms with van der Waals surface area (Å²) in [5.74, 6) is 1.33. The van der Waals surface area contributed by atoms with E-state index < -0.39 is 0 Å². The third-order valence-electron chi connectivity index (χ3n) is 5.12. The molecule has 0 saturated heterocycles. The van der Waals surface area contributed by atoms with E-state index in [1.165, 1.54) is 0 Å². The van der Waals surface area contributed by atoms with E-state index in [4.69, 9.17) is 4.74 Å². The molecule has 3 aromatic heterocycles. The molecule has 0 atom stereocenters. The summed E-state index contributed by atoms with van der Waals surface area (Å²) in [6.07, 6.45) is 2.61. The number of hydrogen-bond acceptors (Lipinski definition) is 6. The van der Waals surface area contributed by atoms with Gasteiger partial charge in [-0.15, -0.1) is 10.2 Å². The van der Waals surface area contributed by atoms with Crippen molar-refractivity contribution in [3.05, 3.63) is 84.2 Å². The van der Waals surface area contributed by atoms with Crippen molar-refractivity contribution in [1.29, 1.82) is 0 Å². The van der Waals surface area contributed by atoms with Crippen LogP contribution in [0.3, 0.4) is 0 Å². The number of aromatic nitrogens is 6. The molecule has 7 nitrogen and oxygen atoms in total. The number of fused-ring (bicyclic) bond motifs is 1. The molecule has 1 N–H and O–H groups in total. The number of aromatic amines is 1. The Morgan fingerprint density at radius 1 is 0.935 bits per heavy atom. The SMILES string of the molecule is CCc1cc(OCc2ccc(-c3ccccc3-c3nn[nH]n3)cc2)c2ncccc2n1. The van der Waals surface area contributed by atoms with Gasteiger partial charge in [0.1, 0.15) is 17.9 Å². The molecule has 5 rings (SSSR count). The zero-order valence-electron chi connectivity index (χ0n) is 17.0. The van der Waals surface area contributed by atoms with Crippen LogP contribution >= 0.6 is 0 Å². The van der Waals surface area contributed by atoms with Crippen molar-refractivity contribution < 1.29 is 4.74 Å². The van der Waals surface area contributed by atoms with Gasteiger partial charge in [0.2, 0.25) is 5.82 Å². The predicted octanol–water partition coefficient (Wildman–Crippen LogP) is 4.62. The lowest BCUT2D eigenvalue weighted by Gasteiger charge is -2.11. The van der Waals surface area contributed by atoms with Crippen LogP contribution in [0, 0.1) is 0 Å². The number of rotatable bonds is 6. The summed E-state index contributed by atoms with van der Waals surface area (Å²) in [7, 11) is 0. The third-order valence-corrected chi connectivity index (χ3v) is 5.12. The molecule has 2 aromatic carbocycles. The molecule has 31 heavy (non-hydrogen) atoms. The summed E-state index contributed by atoms with van der Waals surface area (Å²) in [5, 5.41) is 14.4. The van der Waals surface area contributed by atoms with Gasteiger partial charge in [-0.3, -0.25) is 9.97 Å². The van der Waals surface area contributed by atoms with E-state index in [-0.39, 0.29) is 0 Å². The van der Waals surface area contributed by atoms with Crippen molar-refractivity contribution in [3.8, 4) is 28.3 Å². The van der Waals surface area contributed by atoms with E-state index in [1.54, 1.807) is 6.20 Å². The Kier molecular flexibility index (Phi) is 5.06. The van der Waals surface area contributed by atoms with E-state index in [0.29, 0.717) is 12.4 Å². The largest absolute Gasteiger partial charge is 0.486 e. The number of H-pyrrole nitrogens is 1. The fourth-order valence-corrected chi connectivity index (χ4v) is 3.52. The second-order valence-corrected chi connectivity index (χ2v) is 7.10. The lowest BCUT2D eigenvalue weighted by atomic mass is 9.98. The fraction of sp³-hybridized carbons (Fsp3) is 0.125. The average molecular weight is 408 g/mol. The van der Waals surface area contributed by atoms with Gasteiger partial charge < -0.3 is 4.74 Å². The maximum Gasteiger partial charge on any atom is 0.205 e. The summed E-state index contributed by atoms with van der Waals surface area (Å²) in [6.45, 7) is 2.53. The molecule has 0 saturated carbocycles. The third kappa shape index (κ3) is 3.85. The second-order valence-electron chi connectivity index (χ2n) is 7.10. The molecule has 0 amide bonds. The Bertz CT molecular complexity index is 1320. The highest BCUT2D eigenvalue weighted by molar-refractivity contribution is 5.81. The number of pyridine rings is 2. The highest BCUT2D eigenvalue weighted by atomic mass is 16.5. The number of tetrazole rings is 1. The molecule has 0 aliphatic carbocycles. The van der Waals surface area contributed by atoms with Crippen molar-refractivity contribution in [2.75, 3.05) is 0 Å². The molecule has 152 valence electrons. The van der Waals surface area contributed by atoms with Crippen LogP contribution in [0.2, 0.25) is 0 Å². The molecule has 3 heterocycles. The topological polar surface area (TPSA) is 89.5 Å². The minimum Gasteiger partial charge on any atom is -0.486 e.